The van der Waals surface area contributed by atoms with Crippen molar-refractivity contribution in [3.05, 3.63) is 71.8 Å². The number of anilines is 2. The summed E-state index contributed by atoms with van der Waals surface area (Å²) in [6, 6.07) is 20.5. The summed E-state index contributed by atoms with van der Waals surface area (Å²) in [4.78, 5) is 19.1. The molecule has 0 bridgehead atoms. The third kappa shape index (κ3) is 7.34. The van der Waals surface area contributed by atoms with Gasteiger partial charge in [-0.05, 0) is 69.8 Å². The number of aromatic hydroxyl groups is 2. The highest BCUT2D eigenvalue weighted by Crippen LogP contribution is 2.47. The van der Waals surface area contributed by atoms with Crippen LogP contribution in [0.2, 0.25) is 0 Å². The van der Waals surface area contributed by atoms with Gasteiger partial charge < -0.3 is 19.8 Å². The Balaban J connectivity index is 0.000000280. The Morgan fingerprint density at radius 2 is 1.51 bits per heavy atom. The quantitative estimate of drug-likeness (QED) is 0.309. The molecule has 200 valence electrons. The second-order valence-electron chi connectivity index (χ2n) is 8.60. The topological polar surface area (TPSA) is 73.2 Å². The molecule has 1 aliphatic heterocycles. The van der Waals surface area contributed by atoms with Crippen LogP contribution in [0.25, 0.3) is 0 Å². The number of carbonyl (C=O) groups is 1. The Morgan fingerprint density at radius 3 is 2.00 bits per heavy atom. The number of ether oxygens (including phenoxy) is 1. The molecule has 3 aromatic rings. The van der Waals surface area contributed by atoms with E-state index in [0.29, 0.717) is 11.6 Å². The van der Waals surface area contributed by atoms with Crippen LogP contribution in [0.4, 0.5) is 11.4 Å². The van der Waals surface area contributed by atoms with E-state index in [1.807, 2.05) is 11.8 Å². The third-order valence-corrected chi connectivity index (χ3v) is 7.32. The molecular weight excluding hydrogens is 508 g/mol. The van der Waals surface area contributed by atoms with Crippen LogP contribution in [0.1, 0.15) is 43.6 Å². The van der Waals surface area contributed by atoms with Gasteiger partial charge in [-0.15, -0.1) is 12.4 Å². The molecule has 2 N–H and O–H groups in total. The first-order valence-electron chi connectivity index (χ1n) is 12.4. The van der Waals surface area contributed by atoms with Crippen molar-refractivity contribution < 1.29 is 19.7 Å². The SMILES string of the molecule is CCN(CC)C(C)CN1c2ccccc2Sc2ccccc21.CCOC(=O)c1c(C)cc(O)cc1O.Cl. The smallest absolute Gasteiger partial charge is 0.342 e. The van der Waals surface area contributed by atoms with Crippen LogP contribution in [-0.2, 0) is 4.74 Å². The zero-order valence-corrected chi connectivity index (χ0v) is 23.7. The molecule has 8 heteroatoms. The number of para-hydroxylation sites is 2. The molecule has 0 aliphatic carbocycles. The minimum atomic E-state index is -0.581. The van der Waals surface area contributed by atoms with Gasteiger partial charge in [0.05, 0.1) is 18.0 Å². The van der Waals surface area contributed by atoms with Crippen molar-refractivity contribution in [1.82, 2.24) is 4.90 Å². The monoisotopic (exact) mass is 544 g/mol. The van der Waals surface area contributed by atoms with Crippen LogP contribution in [0.3, 0.4) is 0 Å². The van der Waals surface area contributed by atoms with E-state index in [9.17, 15) is 9.90 Å². The molecule has 37 heavy (non-hydrogen) atoms. The molecule has 1 heterocycles. The molecule has 4 rings (SSSR count). The number of hydrogen-bond donors (Lipinski definition) is 2. The third-order valence-electron chi connectivity index (χ3n) is 6.19. The summed E-state index contributed by atoms with van der Waals surface area (Å²) >= 11 is 1.88. The summed E-state index contributed by atoms with van der Waals surface area (Å²) in [6.07, 6.45) is 0. The highest BCUT2D eigenvalue weighted by atomic mass is 35.5. The molecule has 6 nitrogen and oxygen atoms in total. The number of phenols is 2. The maximum Gasteiger partial charge on any atom is 0.342 e. The van der Waals surface area contributed by atoms with E-state index in [0.717, 1.165) is 25.7 Å². The Morgan fingerprint density at radius 1 is 0.973 bits per heavy atom. The molecule has 3 aromatic carbocycles. The predicted molar refractivity (Wildman–Crippen MR) is 154 cm³/mol. The molecular formula is C29H37ClN2O4S. The minimum absolute atomic E-state index is 0. The highest BCUT2D eigenvalue weighted by Gasteiger charge is 2.25. The summed E-state index contributed by atoms with van der Waals surface area (Å²) < 4.78 is 4.75. The van der Waals surface area contributed by atoms with Gasteiger partial charge in [0, 0.05) is 28.4 Å². The van der Waals surface area contributed by atoms with E-state index in [1.165, 1.54) is 27.2 Å². The van der Waals surface area contributed by atoms with E-state index >= 15 is 0 Å². The Hall–Kier alpha value is -2.87. The summed E-state index contributed by atoms with van der Waals surface area (Å²) in [5.41, 5.74) is 3.26. The van der Waals surface area contributed by atoms with Crippen molar-refractivity contribution in [2.75, 3.05) is 31.1 Å². The maximum absolute atomic E-state index is 11.3. The summed E-state index contributed by atoms with van der Waals surface area (Å²) in [5.74, 6) is -0.920. The van der Waals surface area contributed by atoms with Gasteiger partial charge in [0.25, 0.3) is 0 Å². The summed E-state index contributed by atoms with van der Waals surface area (Å²) in [7, 11) is 0. The molecule has 1 unspecified atom stereocenters. The van der Waals surface area contributed by atoms with Crippen molar-refractivity contribution in [3.8, 4) is 11.5 Å². The number of carbonyl (C=O) groups excluding carboxylic acids is 1. The molecule has 0 amide bonds. The Kier molecular flexibility index (Phi) is 11.6. The van der Waals surface area contributed by atoms with Crippen LogP contribution in [-0.4, -0.2) is 53.4 Å². The first-order valence-corrected chi connectivity index (χ1v) is 13.2. The standard InChI is InChI=1S/C19H24N2S.C10H12O4.ClH/c1-4-20(5-2)15(3)14-21-16-10-6-8-12-18(16)22-19-13-9-7-11-17(19)21;1-3-14-10(13)9-6(2)4-7(11)5-8(9)12;/h6-13,15H,4-5,14H2,1-3H3;4-5,11-12H,3H2,1-2H3;1H. The molecule has 0 fully saturated rings. The fourth-order valence-corrected chi connectivity index (χ4v) is 5.52. The number of rotatable bonds is 7. The van der Waals surface area contributed by atoms with Crippen LogP contribution in [0, 0.1) is 6.92 Å². The average molecular weight is 545 g/mol. The maximum atomic E-state index is 11.3. The number of phenolic OH excluding ortho intramolecular Hbond substituents is 2. The van der Waals surface area contributed by atoms with Crippen LogP contribution in [0.5, 0.6) is 11.5 Å². The van der Waals surface area contributed by atoms with Crippen molar-refractivity contribution in [1.29, 1.82) is 0 Å². The molecule has 0 aromatic heterocycles. The lowest BCUT2D eigenvalue weighted by Crippen LogP contribution is -2.41. The van der Waals surface area contributed by atoms with Crippen molar-refractivity contribution >= 4 is 41.5 Å². The average Bonchev–Trinajstić information content (AvgIpc) is 2.84. The second-order valence-corrected chi connectivity index (χ2v) is 9.68. The summed E-state index contributed by atoms with van der Waals surface area (Å²) in [6.45, 7) is 13.6. The van der Waals surface area contributed by atoms with Crippen LogP contribution < -0.4 is 4.90 Å². The van der Waals surface area contributed by atoms with E-state index in [1.54, 1.807) is 13.8 Å². The lowest BCUT2D eigenvalue weighted by Gasteiger charge is -2.37. The number of benzene rings is 3. The number of halogens is 1. The number of nitrogens with zero attached hydrogens (tertiary/aromatic N) is 2. The molecule has 0 spiro atoms. The van der Waals surface area contributed by atoms with Gasteiger partial charge in [-0.1, -0.05) is 49.9 Å². The molecule has 0 saturated carbocycles. The van der Waals surface area contributed by atoms with Gasteiger partial charge in [0.15, 0.2) is 0 Å². The van der Waals surface area contributed by atoms with Gasteiger partial charge in [-0.3, -0.25) is 4.90 Å². The van der Waals surface area contributed by atoms with Gasteiger partial charge in [0.1, 0.15) is 17.1 Å². The van der Waals surface area contributed by atoms with Crippen LogP contribution in [0.15, 0.2) is 70.5 Å². The summed E-state index contributed by atoms with van der Waals surface area (Å²) in [5, 5.41) is 18.5. The number of likely N-dealkylation sites (N-methyl/N-ethyl adjacent to an activating group) is 1. The van der Waals surface area contributed by atoms with Gasteiger partial charge in [0.2, 0.25) is 0 Å². The predicted octanol–water partition coefficient (Wildman–Crippen LogP) is 7.02. The normalized spacial score (nSPS) is 12.4. The Labute approximate surface area is 230 Å². The van der Waals surface area contributed by atoms with E-state index < -0.39 is 5.97 Å². The van der Waals surface area contributed by atoms with Gasteiger partial charge in [-0.25, -0.2) is 4.79 Å². The van der Waals surface area contributed by atoms with E-state index in [-0.39, 0.29) is 36.1 Å². The fraction of sp³-hybridized carbons (Fsp3) is 0.345. The lowest BCUT2D eigenvalue weighted by molar-refractivity contribution is 0.0522. The second kappa shape index (κ2) is 14.2. The lowest BCUT2D eigenvalue weighted by atomic mass is 10.1. The first kappa shape index (κ1) is 30.4. The fourth-order valence-electron chi connectivity index (χ4n) is 4.42. The van der Waals surface area contributed by atoms with Gasteiger partial charge >= 0.3 is 5.97 Å². The molecule has 1 atom stereocenters. The van der Waals surface area contributed by atoms with Crippen molar-refractivity contribution in [2.24, 2.45) is 0 Å². The molecule has 0 saturated heterocycles. The number of hydrogen-bond acceptors (Lipinski definition) is 7. The Bertz CT molecular complexity index is 1120. The molecule has 1 aliphatic rings. The van der Waals surface area contributed by atoms with Crippen molar-refractivity contribution in [3.63, 3.8) is 0 Å². The highest BCUT2D eigenvalue weighted by molar-refractivity contribution is 7.99. The van der Waals surface area contributed by atoms with E-state index in [4.69, 9.17) is 9.84 Å². The zero-order valence-electron chi connectivity index (χ0n) is 22.1. The largest absolute Gasteiger partial charge is 0.508 e. The minimum Gasteiger partial charge on any atom is -0.508 e. The first-order chi connectivity index (χ1) is 17.3. The number of aryl methyl sites for hydroxylation is 1. The van der Waals surface area contributed by atoms with Gasteiger partial charge in [-0.2, -0.15) is 0 Å². The van der Waals surface area contributed by atoms with Crippen LogP contribution >= 0.6 is 24.2 Å². The van der Waals surface area contributed by atoms with E-state index in [2.05, 4.69) is 79.1 Å². The number of fused-ring (bicyclic) bond motifs is 2. The molecule has 0 radical (unpaired) electrons. The number of esters is 1. The van der Waals surface area contributed by atoms with Crippen molar-refractivity contribution in [2.45, 2.75) is 50.5 Å². The zero-order chi connectivity index (χ0) is 26.2.